The summed E-state index contributed by atoms with van der Waals surface area (Å²) in [5.74, 6) is -6.91. The first-order valence-corrected chi connectivity index (χ1v) is 14.1. The zero-order chi connectivity index (χ0) is 32.8. The summed E-state index contributed by atoms with van der Waals surface area (Å²) in [6.45, 7) is -0.529. The summed E-state index contributed by atoms with van der Waals surface area (Å²) in [5, 5.41) is 8.38. The third kappa shape index (κ3) is 6.12. The van der Waals surface area contributed by atoms with Crippen molar-refractivity contribution in [2.45, 2.75) is 42.6 Å². The van der Waals surface area contributed by atoms with Crippen LogP contribution in [0.3, 0.4) is 0 Å². The third-order valence-corrected chi connectivity index (χ3v) is 8.82. The molecule has 2 aromatic heterocycles. The molecule has 232 valence electrons. The molecular formula is C29H20F8N2O4S. The number of sulfone groups is 1. The molecule has 0 unspecified atom stereocenters. The van der Waals surface area contributed by atoms with Gasteiger partial charge in [-0.1, -0.05) is 6.07 Å². The van der Waals surface area contributed by atoms with Crippen LogP contribution >= 0.6 is 0 Å². The predicted octanol–water partition coefficient (Wildman–Crippen LogP) is 7.24. The molecule has 0 aliphatic rings. The zero-order valence-electron chi connectivity index (χ0n) is 22.6. The first kappa shape index (κ1) is 32.5. The second-order valence-corrected chi connectivity index (χ2v) is 12.4. The lowest BCUT2D eigenvalue weighted by Crippen LogP contribution is -2.30. The Hall–Kier alpha value is -4.45. The van der Waals surface area contributed by atoms with Gasteiger partial charge in [0, 0.05) is 22.8 Å². The molecule has 0 spiro atoms. The summed E-state index contributed by atoms with van der Waals surface area (Å²) in [7, 11) is -4.21. The van der Waals surface area contributed by atoms with Crippen LogP contribution in [-0.2, 0) is 28.5 Å². The lowest BCUT2D eigenvalue weighted by Gasteiger charge is -2.19. The fraction of sp³-hybridized carbons (Fsp3) is 0.241. The Morgan fingerprint density at radius 2 is 1.66 bits per heavy atom. The number of aromatic nitrogens is 1. The number of rotatable bonds is 8. The normalized spacial score (nSPS) is 12.5. The van der Waals surface area contributed by atoms with Gasteiger partial charge in [-0.3, -0.25) is 9.36 Å². The molecule has 0 amide bonds. The average molecular weight is 645 g/mol. The number of benzene rings is 2. The molecule has 0 aliphatic carbocycles. The van der Waals surface area contributed by atoms with Crippen molar-refractivity contribution >= 4 is 9.84 Å². The van der Waals surface area contributed by atoms with Crippen molar-refractivity contribution in [3.8, 4) is 28.7 Å². The largest absolute Gasteiger partial charge is 0.462 e. The molecule has 0 saturated carbocycles. The maximum Gasteiger partial charge on any atom is 0.416 e. The van der Waals surface area contributed by atoms with Crippen LogP contribution in [0.25, 0.3) is 22.6 Å². The molecule has 0 saturated heterocycles. The van der Waals surface area contributed by atoms with E-state index < -0.39 is 90.6 Å². The second-order valence-electron chi connectivity index (χ2n) is 9.93. The second kappa shape index (κ2) is 11.6. The molecule has 4 aromatic rings. The van der Waals surface area contributed by atoms with Gasteiger partial charge in [-0.05, 0) is 55.8 Å². The highest BCUT2D eigenvalue weighted by atomic mass is 32.2. The summed E-state index contributed by atoms with van der Waals surface area (Å²) in [5.41, 5.74) is -6.61. The van der Waals surface area contributed by atoms with E-state index in [1.807, 2.05) is 0 Å². The number of hydrogen-bond acceptors (Lipinski definition) is 5. The third-order valence-electron chi connectivity index (χ3n) is 6.69. The lowest BCUT2D eigenvalue weighted by molar-refractivity contribution is -0.137. The standard InChI is InChI=1S/C29H20F8N2O4S/c1-15(2)44(41,42)21-6-17(5-19(8-21)29(35,36)37)18-7-26(43-13-18)25-10-23(28(33,34)14-30)22(11-38)27(40)39(25)12-16-3-4-20(31)9-24(16)32/h3-10,13,15H,12,14H2,1-2H3. The van der Waals surface area contributed by atoms with Crippen LogP contribution in [0.4, 0.5) is 35.1 Å². The smallest absolute Gasteiger partial charge is 0.416 e. The molecule has 44 heavy (non-hydrogen) atoms. The maximum atomic E-state index is 14.6. The molecule has 0 fully saturated rings. The number of furan rings is 1. The zero-order valence-corrected chi connectivity index (χ0v) is 23.5. The van der Waals surface area contributed by atoms with Gasteiger partial charge in [0.25, 0.3) is 5.56 Å². The van der Waals surface area contributed by atoms with Gasteiger partial charge < -0.3 is 4.42 Å². The summed E-state index contributed by atoms with van der Waals surface area (Å²) in [6, 6.07) is 7.14. The SMILES string of the molecule is CC(C)S(=O)(=O)c1cc(-c2coc(-c3cc(C(F)(F)CF)c(C#N)c(=O)n3Cc3ccc(F)cc3F)c2)cc(C(F)(F)F)c1. The number of nitriles is 1. The van der Waals surface area contributed by atoms with E-state index in [1.165, 1.54) is 19.9 Å². The van der Waals surface area contributed by atoms with Crippen molar-refractivity contribution in [2.75, 3.05) is 6.67 Å². The van der Waals surface area contributed by atoms with Gasteiger partial charge in [0.15, 0.2) is 22.3 Å². The van der Waals surface area contributed by atoms with Crippen LogP contribution < -0.4 is 5.56 Å². The minimum absolute atomic E-state index is 0.179. The minimum atomic E-state index is -4.97. The van der Waals surface area contributed by atoms with Gasteiger partial charge in [0.1, 0.15) is 23.3 Å². The molecule has 0 bridgehead atoms. The fourth-order valence-electron chi connectivity index (χ4n) is 4.28. The summed E-state index contributed by atoms with van der Waals surface area (Å²) in [4.78, 5) is 12.6. The first-order chi connectivity index (χ1) is 20.4. The van der Waals surface area contributed by atoms with Crippen LogP contribution in [0.1, 0.15) is 36.1 Å². The first-order valence-electron chi connectivity index (χ1n) is 12.5. The molecule has 6 nitrogen and oxygen atoms in total. The van der Waals surface area contributed by atoms with E-state index in [0.717, 1.165) is 30.5 Å². The molecule has 0 atom stereocenters. The Morgan fingerprint density at radius 3 is 2.23 bits per heavy atom. The minimum Gasteiger partial charge on any atom is -0.462 e. The van der Waals surface area contributed by atoms with Gasteiger partial charge in [0.05, 0.1) is 34.2 Å². The Morgan fingerprint density at radius 1 is 0.977 bits per heavy atom. The molecule has 0 radical (unpaired) electrons. The van der Waals surface area contributed by atoms with Crippen molar-refractivity contribution in [3.05, 3.63) is 99.0 Å². The highest BCUT2D eigenvalue weighted by molar-refractivity contribution is 7.92. The van der Waals surface area contributed by atoms with Crippen molar-refractivity contribution < 1.29 is 48.0 Å². The van der Waals surface area contributed by atoms with Gasteiger partial charge in [-0.2, -0.15) is 27.2 Å². The van der Waals surface area contributed by atoms with E-state index in [2.05, 4.69) is 0 Å². The quantitative estimate of drug-likeness (QED) is 0.189. The van der Waals surface area contributed by atoms with E-state index in [1.54, 1.807) is 0 Å². The van der Waals surface area contributed by atoms with Crippen molar-refractivity contribution in [3.63, 3.8) is 0 Å². The van der Waals surface area contributed by atoms with Crippen LogP contribution in [-0.4, -0.2) is 24.9 Å². The number of nitrogens with zero attached hydrogens (tertiary/aromatic N) is 2. The Labute approximate surface area is 244 Å². The van der Waals surface area contributed by atoms with Crippen LogP contribution in [0.15, 0.2) is 68.9 Å². The van der Waals surface area contributed by atoms with E-state index >= 15 is 0 Å². The van der Waals surface area contributed by atoms with E-state index in [4.69, 9.17) is 4.42 Å². The highest BCUT2D eigenvalue weighted by Gasteiger charge is 2.38. The topological polar surface area (TPSA) is 93.1 Å². The maximum absolute atomic E-state index is 14.6. The van der Waals surface area contributed by atoms with E-state index in [-0.39, 0.29) is 16.7 Å². The fourth-order valence-corrected chi connectivity index (χ4v) is 5.41. The lowest BCUT2D eigenvalue weighted by atomic mass is 10.0. The number of alkyl halides is 6. The Kier molecular flexibility index (Phi) is 8.53. The number of halogens is 8. The Bertz CT molecular complexity index is 1960. The van der Waals surface area contributed by atoms with Crippen molar-refractivity contribution in [1.82, 2.24) is 4.57 Å². The molecule has 2 heterocycles. The number of pyridine rings is 1. The van der Waals surface area contributed by atoms with Gasteiger partial charge >= 0.3 is 12.1 Å². The van der Waals surface area contributed by atoms with E-state index in [0.29, 0.717) is 28.8 Å². The predicted molar refractivity (Wildman–Crippen MR) is 141 cm³/mol. The molecule has 4 rings (SSSR count). The van der Waals surface area contributed by atoms with Gasteiger partial charge in [0.2, 0.25) is 0 Å². The highest BCUT2D eigenvalue weighted by Crippen LogP contribution is 2.38. The summed E-state index contributed by atoms with van der Waals surface area (Å²) >= 11 is 0. The molecule has 0 N–H and O–H groups in total. The number of hydrogen-bond donors (Lipinski definition) is 0. The monoisotopic (exact) mass is 644 g/mol. The molecule has 15 heteroatoms. The van der Waals surface area contributed by atoms with Crippen molar-refractivity contribution in [1.29, 1.82) is 5.26 Å². The molecule has 0 aliphatic heterocycles. The van der Waals surface area contributed by atoms with Crippen molar-refractivity contribution in [2.24, 2.45) is 0 Å². The van der Waals surface area contributed by atoms with Crippen LogP contribution in [0.2, 0.25) is 0 Å². The molecular weight excluding hydrogens is 624 g/mol. The Balaban J connectivity index is 1.99. The van der Waals surface area contributed by atoms with E-state index in [9.17, 15) is 53.6 Å². The van der Waals surface area contributed by atoms with Crippen LogP contribution in [0.5, 0.6) is 0 Å². The van der Waals surface area contributed by atoms with Gasteiger partial charge in [-0.15, -0.1) is 0 Å². The summed E-state index contributed by atoms with van der Waals surface area (Å²) < 4.78 is 143. The van der Waals surface area contributed by atoms with Gasteiger partial charge in [-0.25, -0.2) is 21.6 Å². The summed E-state index contributed by atoms with van der Waals surface area (Å²) in [6.07, 6.45) is -4.11. The molecule has 2 aromatic carbocycles. The van der Waals surface area contributed by atoms with Crippen LogP contribution in [0, 0.1) is 23.0 Å². The average Bonchev–Trinajstić information content (AvgIpc) is 3.44.